The fraction of sp³-hybridized carbons (Fsp3) is 0.273. The van der Waals surface area contributed by atoms with E-state index in [9.17, 15) is 13.2 Å². The summed E-state index contributed by atoms with van der Waals surface area (Å²) in [7, 11) is -3.73. The Morgan fingerprint density at radius 1 is 1.19 bits per heavy atom. The topological polar surface area (TPSA) is 88.6 Å². The minimum absolute atomic E-state index is 0.108. The van der Waals surface area contributed by atoms with Gasteiger partial charge in [0.05, 0.1) is 4.90 Å². The van der Waals surface area contributed by atoms with Crippen LogP contribution < -0.4 is 14.4 Å². The number of carbonyl (C=O) groups is 1. The highest BCUT2D eigenvalue weighted by Gasteiger charge is 2.34. The summed E-state index contributed by atoms with van der Waals surface area (Å²) in [4.78, 5) is 18.6. The summed E-state index contributed by atoms with van der Waals surface area (Å²) in [5, 5.41) is 2.00. The molecule has 0 bridgehead atoms. The van der Waals surface area contributed by atoms with Crippen molar-refractivity contribution in [1.82, 2.24) is 4.98 Å². The molecule has 1 fully saturated rings. The van der Waals surface area contributed by atoms with Crippen LogP contribution in [0.3, 0.4) is 0 Å². The van der Waals surface area contributed by atoms with Gasteiger partial charge in [0.1, 0.15) is 5.75 Å². The molecule has 0 aliphatic carbocycles. The van der Waals surface area contributed by atoms with Crippen LogP contribution in [0, 0.1) is 0 Å². The van der Waals surface area contributed by atoms with Gasteiger partial charge in [-0.25, -0.2) is 13.4 Å². The minimum atomic E-state index is -3.73. The molecule has 1 saturated heterocycles. The number of hydrogen-bond acceptors (Lipinski definition) is 6. The molecule has 1 aromatic heterocycles. The Morgan fingerprint density at radius 2 is 1.97 bits per heavy atom. The SMILES string of the molecule is CC(C)c1cccc(OC2CCN(c3ccc(S(=O)(=O)Nc4nccs4)cc3)C2=O)c1. The van der Waals surface area contributed by atoms with Crippen molar-refractivity contribution >= 4 is 38.1 Å². The minimum Gasteiger partial charge on any atom is -0.481 e. The van der Waals surface area contributed by atoms with E-state index in [1.165, 1.54) is 29.7 Å². The molecule has 31 heavy (non-hydrogen) atoms. The Morgan fingerprint density at radius 3 is 2.65 bits per heavy atom. The van der Waals surface area contributed by atoms with Gasteiger partial charge in [-0.3, -0.25) is 9.52 Å². The number of nitrogens with one attached hydrogen (secondary N) is 1. The molecule has 1 amide bonds. The van der Waals surface area contributed by atoms with Gasteiger partial charge in [-0.15, -0.1) is 11.3 Å². The van der Waals surface area contributed by atoms with Crippen LogP contribution in [0.1, 0.15) is 31.7 Å². The fourth-order valence-corrected chi connectivity index (χ4v) is 5.17. The third kappa shape index (κ3) is 4.72. The molecule has 1 aliphatic rings. The molecular formula is C22H23N3O4S2. The lowest BCUT2D eigenvalue weighted by Crippen LogP contribution is -2.32. The summed E-state index contributed by atoms with van der Waals surface area (Å²) in [6, 6.07) is 14.0. The summed E-state index contributed by atoms with van der Waals surface area (Å²) in [5.74, 6) is 0.923. The highest BCUT2D eigenvalue weighted by molar-refractivity contribution is 7.93. The second-order valence-corrected chi connectivity index (χ2v) is 10.1. The van der Waals surface area contributed by atoms with Crippen LogP contribution in [0.15, 0.2) is 65.0 Å². The van der Waals surface area contributed by atoms with Crippen LogP contribution in [0.4, 0.5) is 10.8 Å². The maximum Gasteiger partial charge on any atom is 0.268 e. The summed E-state index contributed by atoms with van der Waals surface area (Å²) in [5.41, 5.74) is 1.79. The molecule has 0 spiro atoms. The number of rotatable bonds is 7. The summed E-state index contributed by atoms with van der Waals surface area (Å²) >= 11 is 1.20. The van der Waals surface area contributed by atoms with E-state index in [1.807, 2.05) is 24.3 Å². The highest BCUT2D eigenvalue weighted by Crippen LogP contribution is 2.28. The Labute approximate surface area is 185 Å². The molecule has 162 valence electrons. The van der Waals surface area contributed by atoms with E-state index in [0.717, 1.165) is 5.56 Å². The van der Waals surface area contributed by atoms with Crippen molar-refractivity contribution in [2.24, 2.45) is 0 Å². The van der Waals surface area contributed by atoms with Crippen molar-refractivity contribution in [2.75, 3.05) is 16.2 Å². The third-order valence-corrected chi connectivity index (χ3v) is 7.24. The molecule has 4 rings (SSSR count). The van der Waals surface area contributed by atoms with E-state index in [4.69, 9.17) is 4.74 Å². The van der Waals surface area contributed by atoms with Gasteiger partial charge in [0.15, 0.2) is 11.2 Å². The fourth-order valence-electron chi connectivity index (χ4n) is 3.38. The molecule has 2 aromatic carbocycles. The van der Waals surface area contributed by atoms with Crippen LogP contribution >= 0.6 is 11.3 Å². The molecule has 0 radical (unpaired) electrons. The van der Waals surface area contributed by atoms with E-state index in [2.05, 4.69) is 23.6 Å². The van der Waals surface area contributed by atoms with E-state index < -0.39 is 16.1 Å². The molecule has 1 N–H and O–H groups in total. The number of carbonyl (C=O) groups excluding carboxylic acids is 1. The Kier molecular flexibility index (Phi) is 5.97. The molecule has 2 heterocycles. The van der Waals surface area contributed by atoms with Gasteiger partial charge in [-0.05, 0) is 47.9 Å². The van der Waals surface area contributed by atoms with Crippen molar-refractivity contribution in [2.45, 2.75) is 37.2 Å². The zero-order valence-corrected chi connectivity index (χ0v) is 18.8. The van der Waals surface area contributed by atoms with Gasteiger partial charge >= 0.3 is 0 Å². The highest BCUT2D eigenvalue weighted by atomic mass is 32.2. The van der Waals surface area contributed by atoms with Crippen LogP contribution in [0.5, 0.6) is 5.75 Å². The zero-order chi connectivity index (χ0) is 22.0. The molecule has 1 aliphatic heterocycles. The maximum atomic E-state index is 12.9. The largest absolute Gasteiger partial charge is 0.481 e. The first kappa shape index (κ1) is 21.3. The first-order chi connectivity index (χ1) is 14.8. The Bertz CT molecular complexity index is 1160. The number of aromatic nitrogens is 1. The second kappa shape index (κ2) is 8.68. The van der Waals surface area contributed by atoms with Crippen LogP contribution in [-0.2, 0) is 14.8 Å². The van der Waals surface area contributed by atoms with Gasteiger partial charge in [-0.2, -0.15) is 0 Å². The first-order valence-electron chi connectivity index (χ1n) is 9.94. The molecular weight excluding hydrogens is 434 g/mol. The van der Waals surface area contributed by atoms with Gasteiger partial charge < -0.3 is 9.64 Å². The average molecular weight is 458 g/mol. The number of nitrogens with zero attached hydrogens (tertiary/aromatic N) is 2. The van der Waals surface area contributed by atoms with Crippen LogP contribution in [-0.4, -0.2) is 32.0 Å². The quantitative estimate of drug-likeness (QED) is 0.573. The number of benzene rings is 2. The Hall–Kier alpha value is -2.91. The van der Waals surface area contributed by atoms with E-state index in [1.54, 1.807) is 22.4 Å². The van der Waals surface area contributed by atoms with Crippen molar-refractivity contribution in [3.63, 3.8) is 0 Å². The van der Waals surface area contributed by atoms with Crippen LogP contribution in [0.2, 0.25) is 0 Å². The monoisotopic (exact) mass is 457 g/mol. The second-order valence-electron chi connectivity index (χ2n) is 7.55. The van der Waals surface area contributed by atoms with E-state index in [0.29, 0.717) is 35.5 Å². The van der Waals surface area contributed by atoms with Crippen molar-refractivity contribution in [3.8, 4) is 5.75 Å². The van der Waals surface area contributed by atoms with Gasteiger partial charge in [0, 0.05) is 30.2 Å². The molecule has 3 aromatic rings. The zero-order valence-electron chi connectivity index (χ0n) is 17.2. The van der Waals surface area contributed by atoms with Gasteiger partial charge in [0.2, 0.25) is 0 Å². The maximum absolute atomic E-state index is 12.9. The standard InChI is InChI=1S/C22H23N3O4S2/c1-15(2)16-4-3-5-18(14-16)29-20-10-12-25(21(20)26)17-6-8-19(9-7-17)31(27,28)24-22-23-11-13-30-22/h3-9,11,13-15,20H,10,12H2,1-2H3,(H,23,24). The first-order valence-corrected chi connectivity index (χ1v) is 12.3. The lowest BCUT2D eigenvalue weighted by Gasteiger charge is -2.18. The number of anilines is 2. The normalized spacial score (nSPS) is 16.7. The number of hydrogen-bond donors (Lipinski definition) is 1. The number of amides is 1. The predicted molar refractivity (Wildman–Crippen MR) is 121 cm³/mol. The smallest absolute Gasteiger partial charge is 0.268 e. The van der Waals surface area contributed by atoms with Gasteiger partial charge in [-0.1, -0.05) is 26.0 Å². The molecule has 9 heteroatoms. The molecule has 1 atom stereocenters. The number of thiazole rings is 1. The lowest BCUT2D eigenvalue weighted by molar-refractivity contribution is -0.122. The van der Waals surface area contributed by atoms with Crippen molar-refractivity contribution in [3.05, 3.63) is 65.7 Å². The van der Waals surface area contributed by atoms with Gasteiger partial charge in [0.25, 0.3) is 15.9 Å². The number of ether oxygens (including phenoxy) is 1. The van der Waals surface area contributed by atoms with Crippen molar-refractivity contribution in [1.29, 1.82) is 0 Å². The van der Waals surface area contributed by atoms with Crippen LogP contribution in [0.25, 0.3) is 0 Å². The predicted octanol–water partition coefficient (Wildman–Crippen LogP) is 4.25. The Balaban J connectivity index is 1.45. The lowest BCUT2D eigenvalue weighted by atomic mass is 10.0. The third-order valence-electron chi connectivity index (χ3n) is 5.07. The molecule has 0 saturated carbocycles. The van der Waals surface area contributed by atoms with E-state index >= 15 is 0 Å². The molecule has 7 nitrogen and oxygen atoms in total. The summed E-state index contributed by atoms with van der Waals surface area (Å²) in [6.07, 6.45) is 1.54. The average Bonchev–Trinajstić information content (AvgIpc) is 3.38. The number of sulfonamides is 1. The van der Waals surface area contributed by atoms with Crippen molar-refractivity contribution < 1.29 is 17.9 Å². The summed E-state index contributed by atoms with van der Waals surface area (Å²) < 4.78 is 33.4. The van der Waals surface area contributed by atoms with E-state index in [-0.39, 0.29) is 10.8 Å². The molecule has 1 unspecified atom stereocenters. The summed E-state index contributed by atoms with van der Waals surface area (Å²) in [6.45, 7) is 4.73.